The third kappa shape index (κ3) is 3.43. The summed E-state index contributed by atoms with van der Waals surface area (Å²) < 4.78 is 15.1. The molecule has 0 unspecified atom stereocenters. The molecule has 1 aromatic carbocycles. The van der Waals surface area contributed by atoms with E-state index in [1.807, 2.05) is 30.6 Å². The van der Waals surface area contributed by atoms with E-state index in [-0.39, 0.29) is 41.8 Å². The number of carbonyl (C=O) groups is 3. The van der Waals surface area contributed by atoms with Gasteiger partial charge in [0.15, 0.2) is 5.78 Å². The highest BCUT2D eigenvalue weighted by Gasteiger charge is 2.47. The molecule has 2 aliphatic rings. The molecule has 2 aromatic rings. The van der Waals surface area contributed by atoms with Crippen LogP contribution in [0.2, 0.25) is 0 Å². The Morgan fingerprint density at radius 2 is 1.62 bits per heavy atom. The first-order valence-corrected chi connectivity index (χ1v) is 9.81. The first kappa shape index (κ1) is 19.3. The van der Waals surface area contributed by atoms with E-state index in [0.717, 1.165) is 21.9 Å². The van der Waals surface area contributed by atoms with Crippen LogP contribution in [0.25, 0.3) is 0 Å². The van der Waals surface area contributed by atoms with Gasteiger partial charge in [-0.15, -0.1) is 0 Å². The first-order chi connectivity index (χ1) is 13.9. The van der Waals surface area contributed by atoms with Crippen LogP contribution < -0.4 is 0 Å². The summed E-state index contributed by atoms with van der Waals surface area (Å²) in [6, 6.07) is 8.05. The van der Waals surface area contributed by atoms with Crippen LogP contribution in [0.1, 0.15) is 40.2 Å². The summed E-state index contributed by atoms with van der Waals surface area (Å²) in [7, 11) is 0. The SMILES string of the molecule is Cc1cc(C(=O)CN2C(=O)[C@H]3CC=CC[C@@H]3C2=O)c(C)n1Cc1ccc(F)cc1. The Morgan fingerprint density at radius 1 is 1.03 bits per heavy atom. The number of nitrogens with zero attached hydrogens (tertiary/aromatic N) is 2. The van der Waals surface area contributed by atoms with Gasteiger partial charge < -0.3 is 4.57 Å². The number of hydrogen-bond donors (Lipinski definition) is 0. The lowest BCUT2D eigenvalue weighted by molar-refractivity contribution is -0.139. The van der Waals surface area contributed by atoms with Crippen LogP contribution in [-0.2, 0) is 16.1 Å². The van der Waals surface area contributed by atoms with Gasteiger partial charge in [-0.05, 0) is 50.5 Å². The van der Waals surface area contributed by atoms with Crippen molar-refractivity contribution in [3.63, 3.8) is 0 Å². The maximum atomic E-state index is 13.1. The lowest BCUT2D eigenvalue weighted by Gasteiger charge is -2.14. The highest BCUT2D eigenvalue weighted by atomic mass is 19.1. The molecular weight excluding hydrogens is 371 g/mol. The van der Waals surface area contributed by atoms with Gasteiger partial charge in [-0.2, -0.15) is 0 Å². The summed E-state index contributed by atoms with van der Waals surface area (Å²) in [5.41, 5.74) is 3.11. The minimum Gasteiger partial charge on any atom is -0.344 e. The predicted octanol–water partition coefficient (Wildman–Crippen LogP) is 3.43. The summed E-state index contributed by atoms with van der Waals surface area (Å²) in [4.78, 5) is 39.3. The number of Topliss-reactive ketones (excluding diaryl/α,β-unsaturated/α-hetero) is 1. The van der Waals surface area contributed by atoms with Crippen molar-refractivity contribution in [3.05, 3.63) is 70.8 Å². The molecule has 0 radical (unpaired) electrons. The smallest absolute Gasteiger partial charge is 0.233 e. The summed E-state index contributed by atoms with van der Waals surface area (Å²) in [5.74, 6) is -1.66. The second-order valence-corrected chi connectivity index (χ2v) is 7.84. The Hall–Kier alpha value is -3.02. The van der Waals surface area contributed by atoms with E-state index in [2.05, 4.69) is 0 Å². The molecule has 1 aliphatic carbocycles. The molecule has 2 atom stereocenters. The van der Waals surface area contributed by atoms with Crippen LogP contribution in [-0.4, -0.2) is 33.6 Å². The van der Waals surface area contributed by atoms with Crippen LogP contribution in [0.3, 0.4) is 0 Å². The summed E-state index contributed by atoms with van der Waals surface area (Å²) in [6.45, 7) is 4.05. The topological polar surface area (TPSA) is 59.4 Å². The van der Waals surface area contributed by atoms with Gasteiger partial charge in [0, 0.05) is 23.5 Å². The van der Waals surface area contributed by atoms with Crippen molar-refractivity contribution < 1.29 is 18.8 Å². The zero-order chi connectivity index (χ0) is 20.7. The van der Waals surface area contributed by atoms with Crippen molar-refractivity contribution in [1.82, 2.24) is 9.47 Å². The van der Waals surface area contributed by atoms with Gasteiger partial charge in [0.1, 0.15) is 5.82 Å². The van der Waals surface area contributed by atoms with E-state index in [1.54, 1.807) is 18.2 Å². The number of rotatable bonds is 5. The molecule has 0 spiro atoms. The van der Waals surface area contributed by atoms with Crippen LogP contribution in [0.4, 0.5) is 4.39 Å². The van der Waals surface area contributed by atoms with Crippen molar-refractivity contribution in [3.8, 4) is 0 Å². The number of aromatic nitrogens is 1. The highest BCUT2D eigenvalue weighted by Crippen LogP contribution is 2.35. The normalized spacial score (nSPS) is 21.0. The van der Waals surface area contributed by atoms with Gasteiger partial charge in [0.05, 0.1) is 18.4 Å². The number of aryl methyl sites for hydroxylation is 1. The number of allylic oxidation sites excluding steroid dienone is 2. The van der Waals surface area contributed by atoms with Crippen LogP contribution in [0, 0.1) is 31.5 Å². The van der Waals surface area contributed by atoms with Crippen molar-refractivity contribution in [1.29, 1.82) is 0 Å². The summed E-state index contributed by atoms with van der Waals surface area (Å²) in [6.07, 6.45) is 4.99. The van der Waals surface area contributed by atoms with E-state index in [1.165, 1.54) is 12.1 Å². The van der Waals surface area contributed by atoms with Crippen molar-refractivity contribution in [2.24, 2.45) is 11.8 Å². The first-order valence-electron chi connectivity index (χ1n) is 9.81. The van der Waals surface area contributed by atoms with Gasteiger partial charge in [-0.3, -0.25) is 19.3 Å². The molecular formula is C23H23FN2O3. The second-order valence-electron chi connectivity index (χ2n) is 7.84. The number of amides is 2. The van der Waals surface area contributed by atoms with Crippen molar-refractivity contribution in [2.45, 2.75) is 33.2 Å². The van der Waals surface area contributed by atoms with Gasteiger partial charge >= 0.3 is 0 Å². The number of benzene rings is 1. The van der Waals surface area contributed by atoms with E-state index in [0.29, 0.717) is 24.9 Å². The molecule has 2 heterocycles. The number of ketones is 1. The van der Waals surface area contributed by atoms with E-state index in [4.69, 9.17) is 0 Å². The molecule has 1 aliphatic heterocycles. The van der Waals surface area contributed by atoms with Gasteiger partial charge in [-0.1, -0.05) is 24.3 Å². The molecule has 4 rings (SSSR count). The standard InChI is InChI=1S/C23H23FN2O3/c1-14-11-20(15(2)25(14)12-16-7-9-17(24)10-8-16)21(27)13-26-22(28)18-5-3-4-6-19(18)23(26)29/h3-4,7-11,18-19H,5-6,12-13H2,1-2H3/t18-,19-/m0/s1. The molecule has 6 heteroatoms. The van der Waals surface area contributed by atoms with E-state index in [9.17, 15) is 18.8 Å². The lowest BCUT2D eigenvalue weighted by atomic mass is 9.85. The fourth-order valence-electron chi connectivity index (χ4n) is 4.35. The average molecular weight is 394 g/mol. The third-order valence-electron chi connectivity index (χ3n) is 6.03. The fraction of sp³-hybridized carbons (Fsp3) is 0.348. The zero-order valence-electron chi connectivity index (χ0n) is 16.5. The molecule has 29 heavy (non-hydrogen) atoms. The molecule has 5 nitrogen and oxygen atoms in total. The quantitative estimate of drug-likeness (QED) is 0.444. The highest BCUT2D eigenvalue weighted by molar-refractivity contribution is 6.10. The van der Waals surface area contributed by atoms with Crippen molar-refractivity contribution >= 4 is 17.6 Å². The summed E-state index contributed by atoms with van der Waals surface area (Å²) in [5, 5.41) is 0. The number of carbonyl (C=O) groups excluding carboxylic acids is 3. The Bertz CT molecular complexity index is 993. The monoisotopic (exact) mass is 394 g/mol. The van der Waals surface area contributed by atoms with Gasteiger partial charge in [0.25, 0.3) is 0 Å². The molecule has 0 saturated carbocycles. The molecule has 0 bridgehead atoms. The maximum Gasteiger partial charge on any atom is 0.233 e. The molecule has 1 fully saturated rings. The van der Waals surface area contributed by atoms with Gasteiger partial charge in [0.2, 0.25) is 11.8 Å². The minimum atomic E-state index is -0.328. The van der Waals surface area contributed by atoms with Crippen molar-refractivity contribution in [2.75, 3.05) is 6.54 Å². The summed E-state index contributed by atoms with van der Waals surface area (Å²) >= 11 is 0. The fourth-order valence-corrected chi connectivity index (χ4v) is 4.35. The lowest BCUT2D eigenvalue weighted by Crippen LogP contribution is -2.36. The van der Waals surface area contributed by atoms with Crippen LogP contribution in [0.5, 0.6) is 0 Å². The molecule has 0 N–H and O–H groups in total. The number of hydrogen-bond acceptors (Lipinski definition) is 3. The van der Waals surface area contributed by atoms with Gasteiger partial charge in [-0.25, -0.2) is 4.39 Å². The Balaban J connectivity index is 1.53. The number of fused-ring (bicyclic) bond motifs is 1. The molecule has 2 amide bonds. The Kier molecular flexibility index (Phi) is 4.94. The zero-order valence-corrected chi connectivity index (χ0v) is 16.5. The largest absolute Gasteiger partial charge is 0.344 e. The minimum absolute atomic E-state index is 0.217. The molecule has 1 saturated heterocycles. The number of halogens is 1. The number of likely N-dealkylation sites (tertiary alicyclic amines) is 1. The average Bonchev–Trinajstić information content (AvgIpc) is 3.13. The third-order valence-corrected chi connectivity index (χ3v) is 6.03. The predicted molar refractivity (Wildman–Crippen MR) is 106 cm³/mol. The molecule has 1 aromatic heterocycles. The Labute approximate surface area is 168 Å². The van der Waals surface area contributed by atoms with Crippen LogP contribution in [0.15, 0.2) is 42.5 Å². The Morgan fingerprint density at radius 3 is 2.21 bits per heavy atom. The van der Waals surface area contributed by atoms with E-state index >= 15 is 0 Å². The van der Waals surface area contributed by atoms with Crippen LogP contribution >= 0.6 is 0 Å². The maximum absolute atomic E-state index is 13.1. The second kappa shape index (κ2) is 7.43. The van der Waals surface area contributed by atoms with E-state index < -0.39 is 0 Å². The molecule has 150 valence electrons. The number of imide groups is 1.